The molecule has 3 aromatic carbocycles. The first-order valence-electron chi connectivity index (χ1n) is 9.85. The monoisotopic (exact) mass is 422 g/mol. The molecule has 0 radical (unpaired) electrons. The number of hydrogen-bond donors (Lipinski definition) is 1. The predicted molar refractivity (Wildman–Crippen MR) is 121 cm³/mol. The Labute approximate surface area is 178 Å². The van der Waals surface area contributed by atoms with Gasteiger partial charge in [0, 0.05) is 5.69 Å². The second kappa shape index (κ2) is 9.13. The number of benzene rings is 3. The predicted octanol–water partition coefficient (Wildman–Crippen LogP) is 4.70. The molecule has 0 fully saturated rings. The van der Waals surface area contributed by atoms with Crippen LogP contribution in [0.15, 0.2) is 77.7 Å². The number of sulfonamides is 1. The highest BCUT2D eigenvalue weighted by molar-refractivity contribution is 7.92. The largest absolute Gasteiger partial charge is 0.325 e. The quantitative estimate of drug-likeness (QED) is 0.600. The summed E-state index contributed by atoms with van der Waals surface area (Å²) >= 11 is 0. The molecule has 0 spiro atoms. The van der Waals surface area contributed by atoms with Gasteiger partial charge in [0.25, 0.3) is 10.0 Å². The number of hydrogen-bond acceptors (Lipinski definition) is 3. The molecule has 0 aliphatic heterocycles. The topological polar surface area (TPSA) is 66.5 Å². The van der Waals surface area contributed by atoms with Crippen molar-refractivity contribution in [3.8, 4) is 0 Å². The molecule has 0 saturated heterocycles. The van der Waals surface area contributed by atoms with Crippen LogP contribution in [0.2, 0.25) is 0 Å². The van der Waals surface area contributed by atoms with E-state index in [0.717, 1.165) is 27.4 Å². The van der Waals surface area contributed by atoms with Crippen LogP contribution < -0.4 is 9.62 Å². The van der Waals surface area contributed by atoms with E-state index in [9.17, 15) is 13.2 Å². The minimum Gasteiger partial charge on any atom is -0.325 e. The van der Waals surface area contributed by atoms with Crippen molar-refractivity contribution in [3.63, 3.8) is 0 Å². The van der Waals surface area contributed by atoms with E-state index in [0.29, 0.717) is 11.4 Å². The lowest BCUT2D eigenvalue weighted by molar-refractivity contribution is -0.114. The smallest absolute Gasteiger partial charge is 0.264 e. The number of amides is 1. The summed E-state index contributed by atoms with van der Waals surface area (Å²) in [5.41, 5.74) is 4.26. The number of nitrogens with zero attached hydrogens (tertiary/aromatic N) is 1. The van der Waals surface area contributed by atoms with E-state index in [1.165, 1.54) is 12.1 Å². The third-order valence-electron chi connectivity index (χ3n) is 5.04. The Kier molecular flexibility index (Phi) is 6.57. The van der Waals surface area contributed by atoms with Gasteiger partial charge in [-0.05, 0) is 73.4 Å². The highest BCUT2D eigenvalue weighted by Gasteiger charge is 2.27. The van der Waals surface area contributed by atoms with Crippen molar-refractivity contribution in [2.24, 2.45) is 0 Å². The van der Waals surface area contributed by atoms with E-state index in [2.05, 4.69) is 12.2 Å². The third kappa shape index (κ3) is 4.89. The molecule has 0 aliphatic rings. The van der Waals surface area contributed by atoms with Crippen molar-refractivity contribution in [1.29, 1.82) is 0 Å². The van der Waals surface area contributed by atoms with Crippen molar-refractivity contribution < 1.29 is 13.2 Å². The Balaban J connectivity index is 1.92. The Morgan fingerprint density at radius 2 is 1.57 bits per heavy atom. The second-order valence-corrected chi connectivity index (χ2v) is 9.05. The molecule has 6 heteroatoms. The van der Waals surface area contributed by atoms with Crippen molar-refractivity contribution in [3.05, 3.63) is 89.5 Å². The SMILES string of the molecule is CCc1ccc(NC(=O)CN(c2ccc(C)c(C)c2)S(=O)(=O)c2ccccc2)cc1. The number of anilines is 2. The summed E-state index contributed by atoms with van der Waals surface area (Å²) in [4.78, 5) is 12.9. The maximum absolute atomic E-state index is 13.3. The third-order valence-corrected chi connectivity index (χ3v) is 6.83. The summed E-state index contributed by atoms with van der Waals surface area (Å²) < 4.78 is 27.9. The van der Waals surface area contributed by atoms with Crippen LogP contribution in [-0.2, 0) is 21.2 Å². The van der Waals surface area contributed by atoms with Crippen LogP contribution >= 0.6 is 0 Å². The fourth-order valence-corrected chi connectivity index (χ4v) is 4.50. The van der Waals surface area contributed by atoms with E-state index in [1.54, 1.807) is 30.3 Å². The Bertz CT molecular complexity index is 1120. The summed E-state index contributed by atoms with van der Waals surface area (Å²) in [7, 11) is -3.91. The zero-order valence-corrected chi connectivity index (χ0v) is 18.2. The van der Waals surface area contributed by atoms with E-state index in [-0.39, 0.29) is 11.4 Å². The highest BCUT2D eigenvalue weighted by atomic mass is 32.2. The van der Waals surface area contributed by atoms with Crippen molar-refractivity contribution >= 4 is 27.3 Å². The average molecular weight is 423 g/mol. The Hall–Kier alpha value is -3.12. The van der Waals surface area contributed by atoms with Gasteiger partial charge in [-0.2, -0.15) is 0 Å². The summed E-state index contributed by atoms with van der Waals surface area (Å²) in [6.07, 6.45) is 0.907. The minimum absolute atomic E-state index is 0.142. The lowest BCUT2D eigenvalue weighted by atomic mass is 10.1. The van der Waals surface area contributed by atoms with Crippen LogP contribution in [0.5, 0.6) is 0 Å². The van der Waals surface area contributed by atoms with Crippen molar-refractivity contribution in [1.82, 2.24) is 0 Å². The maximum atomic E-state index is 13.3. The Morgan fingerprint density at radius 1 is 0.900 bits per heavy atom. The van der Waals surface area contributed by atoms with Crippen LogP contribution in [0.25, 0.3) is 0 Å². The van der Waals surface area contributed by atoms with Gasteiger partial charge in [-0.15, -0.1) is 0 Å². The molecule has 156 valence electrons. The number of aryl methyl sites for hydroxylation is 3. The molecule has 1 amide bonds. The second-order valence-electron chi connectivity index (χ2n) is 7.19. The molecule has 1 N–H and O–H groups in total. The van der Waals surface area contributed by atoms with Gasteiger partial charge in [-0.3, -0.25) is 9.10 Å². The van der Waals surface area contributed by atoms with Gasteiger partial charge < -0.3 is 5.32 Å². The number of carbonyl (C=O) groups is 1. The van der Waals surface area contributed by atoms with Gasteiger partial charge in [0.1, 0.15) is 6.54 Å². The fourth-order valence-electron chi connectivity index (χ4n) is 3.07. The van der Waals surface area contributed by atoms with Crippen molar-refractivity contribution in [2.75, 3.05) is 16.2 Å². The summed E-state index contributed by atoms with van der Waals surface area (Å²) in [5, 5.41) is 2.80. The van der Waals surface area contributed by atoms with Gasteiger partial charge in [0.05, 0.1) is 10.6 Å². The van der Waals surface area contributed by atoms with E-state index < -0.39 is 15.9 Å². The Morgan fingerprint density at radius 3 is 2.17 bits per heavy atom. The average Bonchev–Trinajstić information content (AvgIpc) is 2.75. The molecule has 3 rings (SSSR count). The lowest BCUT2D eigenvalue weighted by Crippen LogP contribution is -2.38. The molecule has 0 heterocycles. The standard InChI is InChI=1S/C24H26N2O3S/c1-4-20-11-13-21(14-12-20)25-24(27)17-26(22-15-10-18(2)19(3)16-22)30(28,29)23-8-6-5-7-9-23/h5-16H,4,17H2,1-3H3,(H,25,27). The fraction of sp³-hybridized carbons (Fsp3) is 0.208. The van der Waals surface area contributed by atoms with Gasteiger partial charge in [-0.25, -0.2) is 8.42 Å². The molecular weight excluding hydrogens is 396 g/mol. The van der Waals surface area contributed by atoms with Gasteiger partial charge in [-0.1, -0.05) is 43.3 Å². The first-order valence-corrected chi connectivity index (χ1v) is 11.3. The van der Waals surface area contributed by atoms with Crippen LogP contribution in [0.3, 0.4) is 0 Å². The molecule has 0 saturated carbocycles. The zero-order valence-electron chi connectivity index (χ0n) is 17.4. The molecule has 0 aliphatic carbocycles. The summed E-state index contributed by atoms with van der Waals surface area (Å²) in [5.74, 6) is -0.406. The van der Waals surface area contributed by atoms with Crippen LogP contribution in [0.4, 0.5) is 11.4 Å². The molecular formula is C24H26N2O3S. The summed E-state index contributed by atoms with van der Waals surface area (Å²) in [6, 6.07) is 21.1. The molecule has 30 heavy (non-hydrogen) atoms. The minimum atomic E-state index is -3.91. The van der Waals surface area contributed by atoms with Crippen LogP contribution in [-0.4, -0.2) is 20.9 Å². The normalized spacial score (nSPS) is 11.2. The highest BCUT2D eigenvalue weighted by Crippen LogP contribution is 2.26. The van der Waals surface area contributed by atoms with Crippen molar-refractivity contribution in [2.45, 2.75) is 32.1 Å². The molecule has 0 bridgehead atoms. The molecule has 0 unspecified atom stereocenters. The number of rotatable bonds is 7. The molecule has 0 atom stereocenters. The molecule has 0 aromatic heterocycles. The van der Waals surface area contributed by atoms with Crippen LogP contribution in [0, 0.1) is 13.8 Å². The van der Waals surface area contributed by atoms with Gasteiger partial charge >= 0.3 is 0 Å². The molecule has 5 nitrogen and oxygen atoms in total. The van der Waals surface area contributed by atoms with Gasteiger partial charge in [0.15, 0.2) is 0 Å². The lowest BCUT2D eigenvalue weighted by Gasteiger charge is -2.25. The summed E-state index contributed by atoms with van der Waals surface area (Å²) in [6.45, 7) is 5.61. The maximum Gasteiger partial charge on any atom is 0.264 e. The zero-order chi connectivity index (χ0) is 21.7. The number of carbonyl (C=O) groups excluding carboxylic acids is 1. The number of nitrogens with one attached hydrogen (secondary N) is 1. The van der Waals surface area contributed by atoms with E-state index >= 15 is 0 Å². The first kappa shape index (κ1) is 21.6. The van der Waals surface area contributed by atoms with E-state index in [4.69, 9.17) is 0 Å². The van der Waals surface area contributed by atoms with E-state index in [1.807, 2.05) is 44.2 Å². The molecule has 3 aromatic rings. The van der Waals surface area contributed by atoms with Gasteiger partial charge in [0.2, 0.25) is 5.91 Å². The van der Waals surface area contributed by atoms with Crippen LogP contribution in [0.1, 0.15) is 23.6 Å². The first-order chi connectivity index (χ1) is 14.3.